The molecule has 0 radical (unpaired) electrons. The summed E-state index contributed by atoms with van der Waals surface area (Å²) in [4.78, 5) is 20.2. The van der Waals surface area contributed by atoms with Gasteiger partial charge in [0.25, 0.3) is 0 Å². The summed E-state index contributed by atoms with van der Waals surface area (Å²) in [6.45, 7) is 2.46. The fourth-order valence-corrected chi connectivity index (χ4v) is 4.17. The van der Waals surface area contributed by atoms with Gasteiger partial charge in [-0.2, -0.15) is 0 Å². The van der Waals surface area contributed by atoms with Crippen LogP contribution in [0.1, 0.15) is 27.7 Å². The van der Waals surface area contributed by atoms with Crippen molar-refractivity contribution in [1.29, 1.82) is 0 Å². The van der Waals surface area contributed by atoms with Crippen LogP contribution in [0, 0.1) is 6.92 Å². The topological polar surface area (TPSA) is 67.0 Å². The molecule has 6 heteroatoms. The molecule has 0 aliphatic carbocycles. The number of hydrogen-bond donors (Lipinski definition) is 2. The summed E-state index contributed by atoms with van der Waals surface area (Å²) in [6.07, 6.45) is 2.34. The number of hydrogen-bond acceptors (Lipinski definition) is 4. The van der Waals surface area contributed by atoms with E-state index >= 15 is 0 Å². The van der Waals surface area contributed by atoms with E-state index in [1.807, 2.05) is 42.8 Å². The number of thiazole rings is 1. The van der Waals surface area contributed by atoms with Gasteiger partial charge in [-0.3, -0.25) is 4.79 Å². The molecule has 2 aromatic carbocycles. The average Bonchev–Trinajstić information content (AvgIpc) is 3.35. The zero-order valence-electron chi connectivity index (χ0n) is 16.4. The maximum absolute atomic E-state index is 12.5. The fraction of sp³-hybridized carbons (Fsp3) is 0.217. The zero-order chi connectivity index (χ0) is 20.2. The van der Waals surface area contributed by atoms with Crippen molar-refractivity contribution in [1.82, 2.24) is 15.3 Å². The highest BCUT2D eigenvalue weighted by atomic mass is 32.1. The normalized spacial score (nSPS) is 12.1. The molecule has 4 aromatic rings. The van der Waals surface area contributed by atoms with E-state index in [1.54, 1.807) is 18.4 Å². The highest BCUT2D eigenvalue weighted by Gasteiger charge is 2.19. The molecular formula is C23H23N3O2S. The van der Waals surface area contributed by atoms with Crippen molar-refractivity contribution < 1.29 is 9.53 Å². The van der Waals surface area contributed by atoms with E-state index in [0.717, 1.165) is 38.5 Å². The minimum atomic E-state index is -0.0198. The molecule has 1 amide bonds. The fourth-order valence-electron chi connectivity index (χ4n) is 3.56. The van der Waals surface area contributed by atoms with Gasteiger partial charge in [0.1, 0.15) is 5.75 Å². The van der Waals surface area contributed by atoms with Crippen molar-refractivity contribution in [3.8, 4) is 5.75 Å². The molecule has 0 bridgehead atoms. The van der Waals surface area contributed by atoms with Gasteiger partial charge in [0.2, 0.25) is 5.91 Å². The highest BCUT2D eigenvalue weighted by Crippen LogP contribution is 2.31. The van der Waals surface area contributed by atoms with E-state index in [-0.39, 0.29) is 11.8 Å². The van der Waals surface area contributed by atoms with Gasteiger partial charge in [-0.05, 0) is 36.2 Å². The summed E-state index contributed by atoms with van der Waals surface area (Å²) >= 11 is 1.56. The van der Waals surface area contributed by atoms with E-state index in [4.69, 9.17) is 4.74 Å². The van der Waals surface area contributed by atoms with Gasteiger partial charge < -0.3 is 15.0 Å². The number of aromatic nitrogens is 2. The second kappa shape index (κ2) is 8.49. The molecule has 5 nitrogen and oxygen atoms in total. The van der Waals surface area contributed by atoms with Crippen molar-refractivity contribution >= 4 is 28.1 Å². The molecule has 2 N–H and O–H groups in total. The number of methoxy groups -OCH3 is 1. The van der Waals surface area contributed by atoms with Gasteiger partial charge in [-0.25, -0.2) is 4.98 Å². The molecule has 2 aromatic heterocycles. The molecule has 148 valence electrons. The second-order valence-corrected chi connectivity index (χ2v) is 8.02. The summed E-state index contributed by atoms with van der Waals surface area (Å²) in [5.74, 6) is 0.821. The molecule has 2 heterocycles. The van der Waals surface area contributed by atoms with E-state index in [9.17, 15) is 4.79 Å². The molecule has 0 aliphatic rings. The van der Waals surface area contributed by atoms with Crippen molar-refractivity contribution in [2.24, 2.45) is 0 Å². The third kappa shape index (κ3) is 4.32. The lowest BCUT2D eigenvalue weighted by Gasteiger charge is -2.18. The lowest BCUT2D eigenvalue weighted by molar-refractivity contribution is -0.120. The van der Waals surface area contributed by atoms with Crippen LogP contribution < -0.4 is 10.1 Å². The van der Waals surface area contributed by atoms with Crippen molar-refractivity contribution in [2.45, 2.75) is 19.3 Å². The maximum atomic E-state index is 12.5. The van der Waals surface area contributed by atoms with Crippen LogP contribution in [0.4, 0.5) is 0 Å². The summed E-state index contributed by atoms with van der Waals surface area (Å²) in [7, 11) is 1.66. The molecular weight excluding hydrogens is 382 g/mol. The standard InChI is InChI=1S/C23H23N3O2S/c1-15-26-17(14-29-15)11-23(27)25-12-20(16-7-9-18(28-2)10-8-16)21-13-24-22-6-4-3-5-19(21)22/h3-10,13-14,20,24H,11-12H2,1-2H3,(H,25,27). The predicted octanol–water partition coefficient (Wildman–Crippen LogP) is 4.43. The molecule has 0 saturated heterocycles. The number of aryl methyl sites for hydroxylation is 1. The van der Waals surface area contributed by atoms with E-state index in [2.05, 4.69) is 39.6 Å². The number of carbonyl (C=O) groups excluding carboxylic acids is 1. The van der Waals surface area contributed by atoms with E-state index in [0.29, 0.717) is 13.0 Å². The Bertz CT molecular complexity index is 1110. The van der Waals surface area contributed by atoms with Gasteiger partial charge in [0, 0.05) is 34.9 Å². The van der Waals surface area contributed by atoms with Gasteiger partial charge in [-0.1, -0.05) is 30.3 Å². The molecule has 29 heavy (non-hydrogen) atoms. The minimum Gasteiger partial charge on any atom is -0.497 e. The molecule has 1 unspecified atom stereocenters. The van der Waals surface area contributed by atoms with Crippen LogP contribution in [0.2, 0.25) is 0 Å². The zero-order valence-corrected chi connectivity index (χ0v) is 17.3. The third-order valence-corrected chi connectivity index (χ3v) is 5.85. The second-order valence-electron chi connectivity index (χ2n) is 6.95. The molecule has 4 rings (SSSR count). The number of carbonyl (C=O) groups is 1. The third-order valence-electron chi connectivity index (χ3n) is 5.03. The Hall–Kier alpha value is -3.12. The predicted molar refractivity (Wildman–Crippen MR) is 117 cm³/mol. The van der Waals surface area contributed by atoms with Gasteiger partial charge >= 0.3 is 0 Å². The lowest BCUT2D eigenvalue weighted by Crippen LogP contribution is -2.30. The minimum absolute atomic E-state index is 0.0198. The van der Waals surface area contributed by atoms with Crippen LogP contribution in [-0.2, 0) is 11.2 Å². The Kier molecular flexibility index (Phi) is 5.62. The summed E-state index contributed by atoms with van der Waals surface area (Å²) in [5.41, 5.74) is 4.19. The Balaban J connectivity index is 1.58. The Morgan fingerprint density at radius 2 is 2.00 bits per heavy atom. The van der Waals surface area contributed by atoms with Crippen LogP contribution in [0.25, 0.3) is 10.9 Å². The smallest absolute Gasteiger partial charge is 0.226 e. The molecule has 0 fully saturated rings. The average molecular weight is 406 g/mol. The van der Waals surface area contributed by atoms with Crippen molar-refractivity contribution in [2.75, 3.05) is 13.7 Å². The van der Waals surface area contributed by atoms with Crippen LogP contribution in [0.15, 0.2) is 60.1 Å². The van der Waals surface area contributed by atoms with E-state index in [1.165, 1.54) is 0 Å². The first-order valence-electron chi connectivity index (χ1n) is 9.51. The summed E-state index contributed by atoms with van der Waals surface area (Å²) < 4.78 is 5.29. The molecule has 1 atom stereocenters. The number of rotatable bonds is 7. The first-order chi connectivity index (χ1) is 14.1. The SMILES string of the molecule is COc1ccc(C(CNC(=O)Cc2csc(C)n2)c2c[nH]c3ccccc23)cc1. The number of H-pyrrole nitrogens is 1. The highest BCUT2D eigenvalue weighted by molar-refractivity contribution is 7.09. The van der Waals surface area contributed by atoms with Gasteiger partial charge in [-0.15, -0.1) is 11.3 Å². The Labute approximate surface area is 173 Å². The summed E-state index contributed by atoms with van der Waals surface area (Å²) in [5, 5.41) is 7.18. The van der Waals surface area contributed by atoms with Crippen molar-refractivity contribution in [3.05, 3.63) is 81.9 Å². The number of amides is 1. The lowest BCUT2D eigenvalue weighted by atomic mass is 9.90. The number of aromatic amines is 1. The molecule has 0 saturated carbocycles. The number of benzene rings is 2. The number of nitrogens with one attached hydrogen (secondary N) is 2. The quantitative estimate of drug-likeness (QED) is 0.478. The molecule has 0 spiro atoms. The largest absolute Gasteiger partial charge is 0.497 e. The summed E-state index contributed by atoms with van der Waals surface area (Å²) in [6, 6.07) is 16.2. The van der Waals surface area contributed by atoms with E-state index < -0.39 is 0 Å². The first kappa shape index (κ1) is 19.2. The van der Waals surface area contributed by atoms with Crippen LogP contribution in [-0.4, -0.2) is 29.5 Å². The molecule has 0 aliphatic heterocycles. The number of ether oxygens (including phenoxy) is 1. The Morgan fingerprint density at radius 3 is 2.72 bits per heavy atom. The van der Waals surface area contributed by atoms with Crippen molar-refractivity contribution in [3.63, 3.8) is 0 Å². The van der Waals surface area contributed by atoms with Gasteiger partial charge in [0.05, 0.1) is 24.2 Å². The number of fused-ring (bicyclic) bond motifs is 1. The number of para-hydroxylation sites is 1. The number of nitrogens with zero attached hydrogens (tertiary/aromatic N) is 1. The van der Waals surface area contributed by atoms with Crippen LogP contribution in [0.3, 0.4) is 0 Å². The van der Waals surface area contributed by atoms with Gasteiger partial charge in [0.15, 0.2) is 0 Å². The van der Waals surface area contributed by atoms with Crippen LogP contribution in [0.5, 0.6) is 5.75 Å². The van der Waals surface area contributed by atoms with Crippen LogP contribution >= 0.6 is 11.3 Å². The maximum Gasteiger partial charge on any atom is 0.226 e. The first-order valence-corrected chi connectivity index (χ1v) is 10.4. The monoisotopic (exact) mass is 405 g/mol. The Morgan fingerprint density at radius 1 is 1.21 bits per heavy atom.